The summed E-state index contributed by atoms with van der Waals surface area (Å²) in [6.45, 7) is 4.85. The van der Waals surface area contributed by atoms with E-state index >= 15 is 0 Å². The molecule has 0 saturated carbocycles. The summed E-state index contributed by atoms with van der Waals surface area (Å²) in [7, 11) is 0. The second kappa shape index (κ2) is 5.57. The number of hydrogen-bond acceptors (Lipinski definition) is 4. The summed E-state index contributed by atoms with van der Waals surface area (Å²) < 4.78 is 15.3. The van der Waals surface area contributed by atoms with Gasteiger partial charge in [0.25, 0.3) is 0 Å². The minimum absolute atomic E-state index is 0.358. The Kier molecular flexibility index (Phi) is 4.35. The van der Waals surface area contributed by atoms with Crippen LogP contribution in [0.15, 0.2) is 24.0 Å². The molecule has 0 amide bonds. The van der Waals surface area contributed by atoms with Gasteiger partial charge in [0.15, 0.2) is 6.29 Å². The first-order valence-electron chi connectivity index (χ1n) is 4.61. The van der Waals surface area contributed by atoms with E-state index in [1.807, 2.05) is 13.8 Å². The van der Waals surface area contributed by atoms with E-state index in [1.165, 1.54) is 6.08 Å². The van der Waals surface area contributed by atoms with Gasteiger partial charge in [-0.3, -0.25) is 0 Å². The van der Waals surface area contributed by atoms with Gasteiger partial charge >= 0.3 is 5.97 Å². The summed E-state index contributed by atoms with van der Waals surface area (Å²) in [6.07, 6.45) is 4.14. The van der Waals surface area contributed by atoms with E-state index in [2.05, 4.69) is 0 Å². The van der Waals surface area contributed by atoms with E-state index in [4.69, 9.17) is 14.2 Å². The Morgan fingerprint density at radius 2 is 2.00 bits per heavy atom. The highest BCUT2D eigenvalue weighted by atomic mass is 16.7. The molecule has 14 heavy (non-hydrogen) atoms. The fourth-order valence-electron chi connectivity index (χ4n) is 1.03. The molecule has 0 aromatic carbocycles. The first-order chi connectivity index (χ1) is 6.76. The molecule has 78 valence electrons. The van der Waals surface area contributed by atoms with Crippen LogP contribution in [-0.4, -0.2) is 25.5 Å². The molecule has 0 aromatic rings. The summed E-state index contributed by atoms with van der Waals surface area (Å²) >= 11 is 0. The van der Waals surface area contributed by atoms with Crippen LogP contribution in [0.25, 0.3) is 0 Å². The number of ether oxygens (including phenoxy) is 3. The Bertz CT molecular complexity index is 249. The van der Waals surface area contributed by atoms with E-state index in [-0.39, 0.29) is 5.97 Å². The van der Waals surface area contributed by atoms with Crippen molar-refractivity contribution in [3.05, 3.63) is 24.0 Å². The molecule has 0 aliphatic carbocycles. The van der Waals surface area contributed by atoms with Gasteiger partial charge in [0.05, 0.1) is 0 Å². The fraction of sp³-hybridized carbons (Fsp3) is 0.500. The molecule has 0 bridgehead atoms. The third-order valence-corrected chi connectivity index (χ3v) is 1.56. The molecule has 0 spiro atoms. The fourth-order valence-corrected chi connectivity index (χ4v) is 1.03. The maximum atomic E-state index is 10.7. The third kappa shape index (κ3) is 3.32. The highest BCUT2D eigenvalue weighted by Crippen LogP contribution is 2.11. The molecule has 1 heterocycles. The molecule has 4 heteroatoms. The molecular formula is C10H14O4. The second-order valence-electron chi connectivity index (χ2n) is 2.60. The quantitative estimate of drug-likeness (QED) is 0.494. The summed E-state index contributed by atoms with van der Waals surface area (Å²) in [6, 6.07) is 0. The molecule has 0 unspecified atom stereocenters. The highest BCUT2D eigenvalue weighted by molar-refractivity contribution is 5.86. The summed E-state index contributed by atoms with van der Waals surface area (Å²) in [5, 5.41) is 0. The first kappa shape index (κ1) is 10.9. The average molecular weight is 198 g/mol. The van der Waals surface area contributed by atoms with E-state index in [0.717, 1.165) is 0 Å². The van der Waals surface area contributed by atoms with Gasteiger partial charge in [-0.1, -0.05) is 0 Å². The third-order valence-electron chi connectivity index (χ3n) is 1.56. The van der Waals surface area contributed by atoms with Crippen molar-refractivity contribution >= 4 is 5.97 Å². The van der Waals surface area contributed by atoms with Crippen LogP contribution in [0.3, 0.4) is 0 Å². The minimum Gasteiger partial charge on any atom is -0.424 e. The van der Waals surface area contributed by atoms with Crippen LogP contribution in [0.5, 0.6) is 0 Å². The number of allylic oxidation sites excluding steroid dienone is 1. The van der Waals surface area contributed by atoms with Crippen molar-refractivity contribution < 1.29 is 19.0 Å². The van der Waals surface area contributed by atoms with Crippen LogP contribution in [0.1, 0.15) is 13.8 Å². The summed E-state index contributed by atoms with van der Waals surface area (Å²) in [4.78, 5) is 10.7. The van der Waals surface area contributed by atoms with Gasteiger partial charge in [0.2, 0.25) is 0 Å². The molecule has 0 fully saturated rings. The second-order valence-corrected chi connectivity index (χ2v) is 2.60. The monoisotopic (exact) mass is 198 g/mol. The van der Waals surface area contributed by atoms with Gasteiger partial charge in [-0.05, 0) is 19.9 Å². The Morgan fingerprint density at radius 1 is 1.36 bits per heavy atom. The molecule has 4 nitrogen and oxygen atoms in total. The molecule has 1 aliphatic heterocycles. The van der Waals surface area contributed by atoms with E-state index in [9.17, 15) is 4.79 Å². The van der Waals surface area contributed by atoms with Gasteiger partial charge < -0.3 is 14.2 Å². The zero-order valence-corrected chi connectivity index (χ0v) is 8.36. The average Bonchev–Trinajstić information content (AvgIpc) is 2.52. The number of cyclic esters (lactones) is 1. The highest BCUT2D eigenvalue weighted by Gasteiger charge is 2.12. The van der Waals surface area contributed by atoms with Crippen LogP contribution in [0.2, 0.25) is 0 Å². The number of rotatable bonds is 5. The number of hydrogen-bond donors (Lipinski definition) is 0. The Balaban J connectivity index is 2.53. The summed E-state index contributed by atoms with van der Waals surface area (Å²) in [5.74, 6) is 0.116. The zero-order chi connectivity index (χ0) is 10.4. The normalized spacial score (nSPS) is 18.2. The van der Waals surface area contributed by atoms with E-state index in [0.29, 0.717) is 19.0 Å². The smallest absolute Gasteiger partial charge is 0.336 e. The molecule has 0 saturated heterocycles. The zero-order valence-electron chi connectivity index (χ0n) is 8.36. The lowest BCUT2D eigenvalue weighted by Gasteiger charge is -2.12. The molecule has 0 atom stereocenters. The number of carbonyl (C=O) groups excluding carboxylic acids is 1. The number of esters is 1. The van der Waals surface area contributed by atoms with Crippen LogP contribution in [-0.2, 0) is 19.0 Å². The van der Waals surface area contributed by atoms with Crippen molar-refractivity contribution in [2.75, 3.05) is 13.2 Å². The first-order valence-corrected chi connectivity index (χ1v) is 4.61. The topological polar surface area (TPSA) is 44.8 Å². The summed E-state index contributed by atoms with van der Waals surface area (Å²) in [5.41, 5.74) is 0. The lowest BCUT2D eigenvalue weighted by Crippen LogP contribution is -2.15. The van der Waals surface area contributed by atoms with Crippen LogP contribution >= 0.6 is 0 Å². The van der Waals surface area contributed by atoms with Crippen molar-refractivity contribution in [2.45, 2.75) is 20.1 Å². The number of carbonyl (C=O) groups is 1. The molecule has 1 rings (SSSR count). The lowest BCUT2D eigenvalue weighted by molar-refractivity contribution is -0.132. The molecule has 0 aromatic heterocycles. The predicted molar refractivity (Wildman–Crippen MR) is 50.4 cm³/mol. The Labute approximate surface area is 83.1 Å². The van der Waals surface area contributed by atoms with Crippen molar-refractivity contribution in [1.29, 1.82) is 0 Å². The van der Waals surface area contributed by atoms with Crippen LogP contribution < -0.4 is 0 Å². The van der Waals surface area contributed by atoms with Gasteiger partial charge in [-0.2, -0.15) is 0 Å². The molecule has 0 radical (unpaired) electrons. The molecule has 0 N–H and O–H groups in total. The van der Waals surface area contributed by atoms with Gasteiger partial charge in [-0.15, -0.1) is 0 Å². The molecule has 1 aliphatic rings. The van der Waals surface area contributed by atoms with Gasteiger partial charge in [0.1, 0.15) is 5.76 Å². The molecular weight excluding hydrogens is 184 g/mol. The Hall–Kier alpha value is -1.13. The van der Waals surface area contributed by atoms with Crippen molar-refractivity contribution in [1.82, 2.24) is 0 Å². The van der Waals surface area contributed by atoms with Crippen molar-refractivity contribution in [3.8, 4) is 0 Å². The largest absolute Gasteiger partial charge is 0.424 e. The SMILES string of the molecule is CCOC(/C=C1/C=CC(=O)O1)OCC. The maximum Gasteiger partial charge on any atom is 0.336 e. The maximum absolute atomic E-state index is 10.7. The van der Waals surface area contributed by atoms with Crippen molar-refractivity contribution in [2.24, 2.45) is 0 Å². The van der Waals surface area contributed by atoms with E-state index in [1.54, 1.807) is 12.2 Å². The van der Waals surface area contributed by atoms with Gasteiger partial charge in [0, 0.05) is 25.4 Å². The van der Waals surface area contributed by atoms with Crippen LogP contribution in [0, 0.1) is 0 Å². The standard InChI is InChI=1S/C10H14O4/c1-3-12-10(13-4-2)7-8-5-6-9(11)14-8/h5-7,10H,3-4H2,1-2H3/b8-7-. The van der Waals surface area contributed by atoms with Crippen molar-refractivity contribution in [3.63, 3.8) is 0 Å². The lowest BCUT2D eigenvalue weighted by atomic mass is 10.4. The predicted octanol–water partition coefficient (Wildman–Crippen LogP) is 1.38. The van der Waals surface area contributed by atoms with Crippen LogP contribution in [0.4, 0.5) is 0 Å². The minimum atomic E-state index is -0.449. The van der Waals surface area contributed by atoms with E-state index < -0.39 is 6.29 Å². The Morgan fingerprint density at radius 3 is 2.43 bits per heavy atom. The van der Waals surface area contributed by atoms with Gasteiger partial charge in [-0.25, -0.2) is 4.79 Å².